The van der Waals surface area contributed by atoms with Gasteiger partial charge in [-0.05, 0) is 41.9 Å². The van der Waals surface area contributed by atoms with E-state index in [-0.39, 0.29) is 5.78 Å². The molecule has 0 aliphatic carbocycles. The molecular weight excluding hydrogens is 232 g/mol. The first-order valence-electron chi connectivity index (χ1n) is 4.03. The maximum atomic E-state index is 10.9. The van der Waals surface area contributed by atoms with Crippen LogP contribution in [0.5, 0.6) is 5.75 Å². The lowest BCUT2D eigenvalue weighted by Gasteiger charge is -2.12. The van der Waals surface area contributed by atoms with Gasteiger partial charge in [-0.1, -0.05) is 12.1 Å². The fraction of sp³-hybridized carbons (Fsp3) is 0.300. The molecule has 0 spiro atoms. The molecule has 3 heteroatoms. The van der Waals surface area contributed by atoms with Gasteiger partial charge < -0.3 is 4.74 Å². The van der Waals surface area contributed by atoms with Gasteiger partial charge in [0, 0.05) is 0 Å². The summed E-state index contributed by atoms with van der Waals surface area (Å²) in [5.74, 6) is 0.723. The number of halogens is 1. The molecule has 0 saturated carbocycles. The Morgan fingerprint density at radius 2 is 2.08 bits per heavy atom. The van der Waals surface area contributed by atoms with Crippen molar-refractivity contribution in [3.05, 3.63) is 28.7 Å². The largest absolute Gasteiger partial charge is 0.482 e. The van der Waals surface area contributed by atoms with Gasteiger partial charge in [0.25, 0.3) is 0 Å². The van der Waals surface area contributed by atoms with E-state index in [2.05, 4.69) is 15.9 Å². The molecular formula is C10H11BrO2. The Morgan fingerprint density at radius 1 is 1.46 bits per heavy atom. The summed E-state index contributed by atoms with van der Waals surface area (Å²) < 4.78 is 6.27. The van der Waals surface area contributed by atoms with E-state index in [0.29, 0.717) is 5.75 Å². The van der Waals surface area contributed by atoms with E-state index in [1.807, 2.05) is 24.3 Å². The summed E-state index contributed by atoms with van der Waals surface area (Å²) in [5.41, 5.74) is 0. The molecule has 1 aromatic carbocycles. The molecule has 1 aromatic rings. The van der Waals surface area contributed by atoms with E-state index in [1.165, 1.54) is 6.92 Å². The van der Waals surface area contributed by atoms with Crippen LogP contribution in [0.25, 0.3) is 0 Å². The minimum absolute atomic E-state index is 0.0238. The molecule has 0 bridgehead atoms. The van der Waals surface area contributed by atoms with Gasteiger partial charge in [-0.3, -0.25) is 4.79 Å². The maximum Gasteiger partial charge on any atom is 0.169 e. The number of hydrogen-bond donors (Lipinski definition) is 0. The molecule has 0 amide bonds. The third-order valence-corrected chi connectivity index (χ3v) is 2.37. The van der Waals surface area contributed by atoms with Crippen molar-refractivity contribution >= 4 is 21.7 Å². The van der Waals surface area contributed by atoms with Gasteiger partial charge in [-0.25, -0.2) is 0 Å². The Kier molecular flexibility index (Phi) is 3.48. The SMILES string of the molecule is CC(=O)C(C)Oc1ccccc1Br. The summed E-state index contributed by atoms with van der Waals surface area (Å²) in [5, 5.41) is 0. The predicted octanol–water partition coefficient (Wildman–Crippen LogP) is 2.81. The van der Waals surface area contributed by atoms with Gasteiger partial charge in [-0.15, -0.1) is 0 Å². The monoisotopic (exact) mass is 242 g/mol. The molecule has 1 unspecified atom stereocenters. The normalized spacial score (nSPS) is 12.2. The molecule has 0 heterocycles. The van der Waals surface area contributed by atoms with Gasteiger partial charge >= 0.3 is 0 Å². The topological polar surface area (TPSA) is 26.3 Å². The van der Waals surface area contributed by atoms with Crippen LogP contribution in [0.2, 0.25) is 0 Å². The van der Waals surface area contributed by atoms with Gasteiger partial charge in [-0.2, -0.15) is 0 Å². The minimum atomic E-state index is -0.390. The van der Waals surface area contributed by atoms with E-state index in [0.717, 1.165) is 4.47 Å². The zero-order valence-corrected chi connectivity index (χ0v) is 9.17. The molecule has 1 atom stereocenters. The van der Waals surface area contributed by atoms with Crippen molar-refractivity contribution in [2.45, 2.75) is 20.0 Å². The van der Waals surface area contributed by atoms with Crippen molar-refractivity contribution < 1.29 is 9.53 Å². The third kappa shape index (κ3) is 2.84. The molecule has 0 fully saturated rings. The van der Waals surface area contributed by atoms with E-state index in [4.69, 9.17) is 4.74 Å². The lowest BCUT2D eigenvalue weighted by molar-refractivity contribution is -0.122. The molecule has 0 aromatic heterocycles. The number of hydrogen-bond acceptors (Lipinski definition) is 2. The average molecular weight is 243 g/mol. The number of carbonyl (C=O) groups excluding carboxylic acids is 1. The summed E-state index contributed by atoms with van der Waals surface area (Å²) in [6.45, 7) is 3.25. The Morgan fingerprint density at radius 3 is 2.62 bits per heavy atom. The van der Waals surface area contributed by atoms with Gasteiger partial charge in [0.05, 0.1) is 4.47 Å². The quantitative estimate of drug-likeness (QED) is 0.815. The summed E-state index contributed by atoms with van der Waals surface area (Å²) in [4.78, 5) is 10.9. The average Bonchev–Trinajstić information content (AvgIpc) is 2.08. The van der Waals surface area contributed by atoms with Gasteiger partial charge in [0.2, 0.25) is 0 Å². The van der Waals surface area contributed by atoms with E-state index >= 15 is 0 Å². The second-order valence-corrected chi connectivity index (χ2v) is 3.66. The molecule has 2 nitrogen and oxygen atoms in total. The number of Topliss-reactive ketones (excluding diaryl/α,β-unsaturated/α-hetero) is 1. The van der Waals surface area contributed by atoms with Crippen molar-refractivity contribution in [3.63, 3.8) is 0 Å². The minimum Gasteiger partial charge on any atom is -0.482 e. The number of para-hydroxylation sites is 1. The Labute approximate surface area is 86.0 Å². The first-order chi connectivity index (χ1) is 6.11. The number of benzene rings is 1. The van der Waals surface area contributed by atoms with E-state index in [9.17, 15) is 4.79 Å². The van der Waals surface area contributed by atoms with Crippen LogP contribution in [-0.4, -0.2) is 11.9 Å². The highest BCUT2D eigenvalue weighted by Crippen LogP contribution is 2.24. The molecule has 0 saturated heterocycles. The summed E-state index contributed by atoms with van der Waals surface area (Å²) in [7, 11) is 0. The van der Waals surface area contributed by atoms with Crippen molar-refractivity contribution in [3.8, 4) is 5.75 Å². The molecule has 70 valence electrons. The number of ketones is 1. The van der Waals surface area contributed by atoms with Crippen molar-refractivity contribution in [1.82, 2.24) is 0 Å². The Hall–Kier alpha value is -0.830. The Balaban J connectivity index is 2.74. The zero-order chi connectivity index (χ0) is 9.84. The van der Waals surface area contributed by atoms with Gasteiger partial charge in [0.15, 0.2) is 11.9 Å². The molecule has 13 heavy (non-hydrogen) atoms. The fourth-order valence-corrected chi connectivity index (χ4v) is 1.19. The number of rotatable bonds is 3. The third-order valence-electron chi connectivity index (χ3n) is 1.71. The standard InChI is InChI=1S/C10H11BrO2/c1-7(12)8(2)13-10-6-4-3-5-9(10)11/h3-6,8H,1-2H3. The second-order valence-electron chi connectivity index (χ2n) is 2.80. The molecule has 0 radical (unpaired) electrons. The highest BCUT2D eigenvalue weighted by molar-refractivity contribution is 9.10. The van der Waals surface area contributed by atoms with Crippen LogP contribution in [0.3, 0.4) is 0 Å². The lowest BCUT2D eigenvalue weighted by atomic mass is 10.3. The maximum absolute atomic E-state index is 10.9. The van der Waals surface area contributed by atoms with Crippen molar-refractivity contribution in [2.75, 3.05) is 0 Å². The Bertz CT molecular complexity index is 310. The molecule has 0 N–H and O–H groups in total. The van der Waals surface area contributed by atoms with Crippen LogP contribution in [0, 0.1) is 0 Å². The fourth-order valence-electron chi connectivity index (χ4n) is 0.814. The molecule has 1 rings (SSSR count). The summed E-state index contributed by atoms with van der Waals surface area (Å²) in [6, 6.07) is 7.47. The second kappa shape index (κ2) is 4.42. The van der Waals surface area contributed by atoms with Crippen LogP contribution >= 0.6 is 15.9 Å². The van der Waals surface area contributed by atoms with Crippen LogP contribution in [0.1, 0.15) is 13.8 Å². The zero-order valence-electron chi connectivity index (χ0n) is 7.58. The van der Waals surface area contributed by atoms with Crippen LogP contribution in [0.15, 0.2) is 28.7 Å². The van der Waals surface area contributed by atoms with Crippen molar-refractivity contribution in [1.29, 1.82) is 0 Å². The van der Waals surface area contributed by atoms with Crippen LogP contribution < -0.4 is 4.74 Å². The smallest absolute Gasteiger partial charge is 0.169 e. The first kappa shape index (κ1) is 10.3. The van der Waals surface area contributed by atoms with E-state index < -0.39 is 6.10 Å². The van der Waals surface area contributed by atoms with E-state index in [1.54, 1.807) is 6.92 Å². The summed E-state index contributed by atoms with van der Waals surface area (Å²) >= 11 is 3.34. The van der Waals surface area contributed by atoms with Crippen molar-refractivity contribution in [2.24, 2.45) is 0 Å². The number of ether oxygens (including phenoxy) is 1. The predicted molar refractivity (Wildman–Crippen MR) is 54.9 cm³/mol. The van der Waals surface area contributed by atoms with Crippen LogP contribution in [0.4, 0.5) is 0 Å². The number of carbonyl (C=O) groups is 1. The first-order valence-corrected chi connectivity index (χ1v) is 4.82. The summed E-state index contributed by atoms with van der Waals surface area (Å²) in [6.07, 6.45) is -0.390. The van der Waals surface area contributed by atoms with Gasteiger partial charge in [0.1, 0.15) is 5.75 Å². The highest BCUT2D eigenvalue weighted by atomic mass is 79.9. The molecule has 0 aliphatic heterocycles. The highest BCUT2D eigenvalue weighted by Gasteiger charge is 2.10. The molecule has 0 aliphatic rings. The lowest BCUT2D eigenvalue weighted by Crippen LogP contribution is -2.20. The van der Waals surface area contributed by atoms with Crippen LogP contribution in [-0.2, 0) is 4.79 Å².